The zero-order valence-corrected chi connectivity index (χ0v) is 11.8. The predicted octanol–water partition coefficient (Wildman–Crippen LogP) is 3.82. The number of rotatable bonds is 5. The minimum Gasteiger partial charge on any atom is -0.493 e. The summed E-state index contributed by atoms with van der Waals surface area (Å²) >= 11 is 0. The van der Waals surface area contributed by atoms with Crippen molar-refractivity contribution in [3.8, 4) is 5.75 Å². The number of carbonyl (C=O) groups is 1. The Labute approximate surface area is 125 Å². The van der Waals surface area contributed by atoms with Gasteiger partial charge in [0.05, 0.1) is 18.7 Å². The molecular formula is C16H14F3NO2. The molecule has 0 aromatic heterocycles. The van der Waals surface area contributed by atoms with Crippen LogP contribution in [0.2, 0.25) is 0 Å². The van der Waals surface area contributed by atoms with Crippen molar-refractivity contribution in [1.82, 2.24) is 0 Å². The first-order chi connectivity index (χ1) is 10.5. The van der Waals surface area contributed by atoms with E-state index >= 15 is 0 Å². The van der Waals surface area contributed by atoms with Gasteiger partial charge >= 0.3 is 0 Å². The Bertz CT molecular complexity index is 672. The van der Waals surface area contributed by atoms with Crippen molar-refractivity contribution in [2.75, 3.05) is 11.9 Å². The van der Waals surface area contributed by atoms with Crippen molar-refractivity contribution in [3.05, 3.63) is 59.4 Å². The van der Waals surface area contributed by atoms with Crippen LogP contribution in [0.4, 0.5) is 18.9 Å². The van der Waals surface area contributed by atoms with Gasteiger partial charge in [0.15, 0.2) is 17.5 Å². The molecule has 0 aliphatic carbocycles. The van der Waals surface area contributed by atoms with Gasteiger partial charge in [-0.15, -0.1) is 0 Å². The van der Waals surface area contributed by atoms with E-state index in [1.807, 2.05) is 19.1 Å². The van der Waals surface area contributed by atoms with Crippen LogP contribution in [0.3, 0.4) is 0 Å². The number of hydrogen-bond acceptors (Lipinski definition) is 2. The summed E-state index contributed by atoms with van der Waals surface area (Å²) < 4.78 is 44.5. The van der Waals surface area contributed by atoms with Crippen molar-refractivity contribution in [2.45, 2.75) is 13.3 Å². The Morgan fingerprint density at radius 3 is 2.41 bits per heavy atom. The molecule has 0 aliphatic heterocycles. The van der Waals surface area contributed by atoms with Crippen molar-refractivity contribution in [3.63, 3.8) is 0 Å². The van der Waals surface area contributed by atoms with Gasteiger partial charge in [0, 0.05) is 0 Å². The maximum atomic E-state index is 13.4. The minimum absolute atomic E-state index is 0.0493. The highest BCUT2D eigenvalue weighted by Crippen LogP contribution is 2.19. The second kappa shape index (κ2) is 6.98. The Morgan fingerprint density at radius 2 is 1.73 bits per heavy atom. The van der Waals surface area contributed by atoms with Crippen LogP contribution in [0.15, 0.2) is 36.4 Å². The fourth-order valence-electron chi connectivity index (χ4n) is 1.73. The zero-order valence-electron chi connectivity index (χ0n) is 11.8. The van der Waals surface area contributed by atoms with E-state index in [0.717, 1.165) is 17.7 Å². The molecule has 0 unspecified atom stereocenters. The summed E-state index contributed by atoms with van der Waals surface area (Å²) in [7, 11) is 0. The molecule has 0 atom stereocenters. The lowest BCUT2D eigenvalue weighted by Crippen LogP contribution is -2.16. The number of amides is 1. The first kappa shape index (κ1) is 15.9. The maximum Gasteiger partial charge on any atom is 0.227 e. The monoisotopic (exact) mass is 309 g/mol. The van der Waals surface area contributed by atoms with Crippen LogP contribution in [0.1, 0.15) is 12.0 Å². The zero-order chi connectivity index (χ0) is 16.1. The predicted molar refractivity (Wildman–Crippen MR) is 76.2 cm³/mol. The third kappa shape index (κ3) is 4.00. The van der Waals surface area contributed by atoms with Crippen molar-refractivity contribution in [2.24, 2.45) is 0 Å². The second-order valence-corrected chi connectivity index (χ2v) is 4.68. The molecule has 0 aliphatic rings. The van der Waals surface area contributed by atoms with E-state index in [1.54, 1.807) is 12.1 Å². The van der Waals surface area contributed by atoms with E-state index in [9.17, 15) is 18.0 Å². The van der Waals surface area contributed by atoms with Gasteiger partial charge in [0.2, 0.25) is 5.91 Å². The highest BCUT2D eigenvalue weighted by atomic mass is 19.2. The Kier molecular flexibility index (Phi) is 5.04. The Balaban J connectivity index is 1.86. The van der Waals surface area contributed by atoms with E-state index in [1.165, 1.54) is 0 Å². The average Bonchev–Trinajstić information content (AvgIpc) is 2.50. The van der Waals surface area contributed by atoms with Gasteiger partial charge in [-0.05, 0) is 31.2 Å². The SMILES string of the molecule is Cc1ccc(OCCC(=O)Nc2ccc(F)c(F)c2F)cc1. The molecule has 1 amide bonds. The molecule has 116 valence electrons. The molecule has 0 spiro atoms. The first-order valence-corrected chi connectivity index (χ1v) is 6.60. The first-order valence-electron chi connectivity index (χ1n) is 6.60. The normalized spacial score (nSPS) is 10.4. The molecule has 3 nitrogen and oxygen atoms in total. The highest BCUT2D eigenvalue weighted by Gasteiger charge is 2.15. The Hall–Kier alpha value is -2.50. The molecule has 22 heavy (non-hydrogen) atoms. The van der Waals surface area contributed by atoms with Crippen LogP contribution < -0.4 is 10.1 Å². The quantitative estimate of drug-likeness (QED) is 0.853. The van der Waals surface area contributed by atoms with Gasteiger partial charge in [-0.25, -0.2) is 13.2 Å². The average molecular weight is 309 g/mol. The van der Waals surface area contributed by atoms with E-state index in [4.69, 9.17) is 4.74 Å². The van der Waals surface area contributed by atoms with Crippen LogP contribution in [-0.2, 0) is 4.79 Å². The molecule has 0 saturated carbocycles. The van der Waals surface area contributed by atoms with Gasteiger partial charge in [-0.3, -0.25) is 4.79 Å². The number of benzene rings is 2. The largest absolute Gasteiger partial charge is 0.493 e. The molecule has 6 heteroatoms. The number of carbonyl (C=O) groups excluding carboxylic acids is 1. The third-order valence-electron chi connectivity index (χ3n) is 2.93. The second-order valence-electron chi connectivity index (χ2n) is 4.68. The summed E-state index contributed by atoms with van der Waals surface area (Å²) in [4.78, 5) is 11.6. The summed E-state index contributed by atoms with van der Waals surface area (Å²) in [5.74, 6) is -4.30. The number of ether oxygens (including phenoxy) is 1. The van der Waals surface area contributed by atoms with Crippen LogP contribution >= 0.6 is 0 Å². The number of anilines is 1. The van der Waals surface area contributed by atoms with Crippen LogP contribution in [0, 0.1) is 24.4 Å². The molecule has 1 N–H and O–H groups in total. The Morgan fingerprint density at radius 1 is 1.05 bits per heavy atom. The van der Waals surface area contributed by atoms with Gasteiger partial charge in [0.25, 0.3) is 0 Å². The maximum absolute atomic E-state index is 13.4. The summed E-state index contributed by atoms with van der Waals surface area (Å²) in [6, 6.07) is 8.98. The van der Waals surface area contributed by atoms with Gasteiger partial charge in [0.1, 0.15) is 5.75 Å². The molecule has 2 aromatic carbocycles. The van der Waals surface area contributed by atoms with E-state index in [0.29, 0.717) is 5.75 Å². The van der Waals surface area contributed by atoms with Gasteiger partial charge in [-0.1, -0.05) is 17.7 Å². The lowest BCUT2D eigenvalue weighted by molar-refractivity contribution is -0.116. The number of nitrogens with one attached hydrogen (secondary N) is 1. The highest BCUT2D eigenvalue weighted by molar-refractivity contribution is 5.90. The van der Waals surface area contributed by atoms with E-state index in [2.05, 4.69) is 5.32 Å². The lowest BCUT2D eigenvalue weighted by Gasteiger charge is -2.08. The molecule has 2 rings (SSSR count). The summed E-state index contributed by atoms with van der Waals surface area (Å²) in [6.07, 6.45) is -0.0493. The number of aryl methyl sites for hydroxylation is 1. The minimum atomic E-state index is -1.62. The molecule has 2 aromatic rings. The summed E-state index contributed by atoms with van der Waals surface area (Å²) in [5, 5.41) is 2.17. The standard InChI is InChI=1S/C16H14F3NO2/c1-10-2-4-11(5-3-10)22-9-8-14(21)20-13-7-6-12(17)15(18)16(13)19/h2-7H,8-9H2,1H3,(H,20,21). The molecular weight excluding hydrogens is 295 g/mol. The third-order valence-corrected chi connectivity index (χ3v) is 2.93. The van der Waals surface area contributed by atoms with Crippen molar-refractivity contribution < 1.29 is 22.7 Å². The van der Waals surface area contributed by atoms with E-state index in [-0.39, 0.29) is 13.0 Å². The fourth-order valence-corrected chi connectivity index (χ4v) is 1.73. The topological polar surface area (TPSA) is 38.3 Å². The molecule has 0 bridgehead atoms. The summed E-state index contributed by atoms with van der Waals surface area (Å²) in [6.45, 7) is 2.02. The number of hydrogen-bond donors (Lipinski definition) is 1. The molecule has 0 heterocycles. The molecule has 0 saturated heterocycles. The molecule has 0 fully saturated rings. The van der Waals surface area contributed by atoms with Crippen molar-refractivity contribution in [1.29, 1.82) is 0 Å². The van der Waals surface area contributed by atoms with Gasteiger partial charge in [-0.2, -0.15) is 0 Å². The van der Waals surface area contributed by atoms with Crippen molar-refractivity contribution >= 4 is 11.6 Å². The molecule has 0 radical (unpaired) electrons. The fraction of sp³-hybridized carbons (Fsp3) is 0.188. The van der Waals surface area contributed by atoms with Crippen LogP contribution in [0.25, 0.3) is 0 Å². The van der Waals surface area contributed by atoms with Crippen LogP contribution in [-0.4, -0.2) is 12.5 Å². The van der Waals surface area contributed by atoms with E-state index < -0.39 is 29.0 Å². The summed E-state index contributed by atoms with van der Waals surface area (Å²) in [5.41, 5.74) is 0.679. The van der Waals surface area contributed by atoms with Gasteiger partial charge < -0.3 is 10.1 Å². The number of halogens is 3. The lowest BCUT2D eigenvalue weighted by atomic mass is 10.2. The van der Waals surface area contributed by atoms with Crippen LogP contribution in [0.5, 0.6) is 5.75 Å². The smallest absolute Gasteiger partial charge is 0.227 e.